The number of rotatable bonds is 8. The summed E-state index contributed by atoms with van der Waals surface area (Å²) in [5, 5.41) is 5.28. The van der Waals surface area contributed by atoms with Gasteiger partial charge in [0, 0.05) is 25.7 Å². The van der Waals surface area contributed by atoms with E-state index in [1.165, 1.54) is 23.4 Å². The summed E-state index contributed by atoms with van der Waals surface area (Å²) in [5.41, 5.74) is 0.370. The van der Waals surface area contributed by atoms with E-state index in [-0.39, 0.29) is 22.6 Å². The second kappa shape index (κ2) is 8.96. The first-order valence-electron chi connectivity index (χ1n) is 8.31. The van der Waals surface area contributed by atoms with E-state index in [1.807, 2.05) is 13.8 Å². The summed E-state index contributed by atoms with van der Waals surface area (Å²) in [6.45, 7) is 9.27. The first kappa shape index (κ1) is 21.1. The van der Waals surface area contributed by atoms with Crippen LogP contribution in [0.5, 0.6) is 0 Å². The van der Waals surface area contributed by atoms with E-state index in [0.717, 1.165) is 0 Å². The molecule has 0 aliphatic heterocycles. The molecule has 2 amide bonds. The van der Waals surface area contributed by atoms with Crippen molar-refractivity contribution in [3.05, 3.63) is 24.3 Å². The van der Waals surface area contributed by atoms with E-state index < -0.39 is 16.1 Å². The molecule has 0 spiro atoms. The first-order chi connectivity index (χ1) is 11.6. The molecule has 7 nitrogen and oxygen atoms in total. The molecule has 25 heavy (non-hydrogen) atoms. The number of hydrogen-bond donors (Lipinski definition) is 2. The molecule has 0 aliphatic rings. The molecule has 0 aliphatic carbocycles. The topological polar surface area (TPSA) is 95.6 Å². The van der Waals surface area contributed by atoms with E-state index in [1.54, 1.807) is 26.0 Å². The lowest BCUT2D eigenvalue weighted by molar-refractivity contribution is -0.126. The van der Waals surface area contributed by atoms with E-state index in [4.69, 9.17) is 0 Å². The van der Waals surface area contributed by atoms with Gasteiger partial charge in [-0.3, -0.25) is 9.59 Å². The smallest absolute Gasteiger partial charge is 0.247 e. The monoisotopic (exact) mass is 369 g/mol. The molecule has 1 rings (SSSR count). The van der Waals surface area contributed by atoms with Crippen molar-refractivity contribution in [2.24, 2.45) is 5.92 Å². The largest absolute Gasteiger partial charge is 0.344 e. The van der Waals surface area contributed by atoms with Crippen molar-refractivity contribution < 1.29 is 18.0 Å². The van der Waals surface area contributed by atoms with Gasteiger partial charge < -0.3 is 10.6 Å². The Bertz CT molecular complexity index is 712. The number of benzene rings is 1. The molecule has 0 aromatic heterocycles. The van der Waals surface area contributed by atoms with E-state index in [0.29, 0.717) is 18.8 Å². The lowest BCUT2D eigenvalue weighted by Gasteiger charge is -2.22. The number of carbonyl (C=O) groups is 2. The van der Waals surface area contributed by atoms with E-state index in [2.05, 4.69) is 10.6 Å². The first-order valence-corrected chi connectivity index (χ1v) is 9.75. The molecule has 1 aromatic rings. The SMILES string of the molecule is CCN(CC)S(=O)(=O)c1cccc(NC(=O)[C@H](NC(C)=O)C(C)C)c1. The van der Waals surface area contributed by atoms with Gasteiger partial charge in [0.2, 0.25) is 21.8 Å². The summed E-state index contributed by atoms with van der Waals surface area (Å²) in [5.74, 6) is -0.791. The Morgan fingerprint density at radius 1 is 1.16 bits per heavy atom. The average molecular weight is 369 g/mol. The van der Waals surface area contributed by atoms with Crippen molar-refractivity contribution >= 4 is 27.5 Å². The molecule has 0 bridgehead atoms. The van der Waals surface area contributed by atoms with Crippen LogP contribution in [-0.2, 0) is 19.6 Å². The third kappa shape index (κ3) is 5.54. The maximum atomic E-state index is 12.6. The molecule has 0 heterocycles. The number of carbonyl (C=O) groups excluding carboxylic acids is 2. The minimum absolute atomic E-state index is 0.105. The fourth-order valence-corrected chi connectivity index (χ4v) is 3.93. The van der Waals surface area contributed by atoms with Gasteiger partial charge in [0.15, 0.2) is 0 Å². The second-order valence-electron chi connectivity index (χ2n) is 6.03. The van der Waals surface area contributed by atoms with Crippen LogP contribution in [0.3, 0.4) is 0 Å². The van der Waals surface area contributed by atoms with E-state index in [9.17, 15) is 18.0 Å². The molecule has 0 unspecified atom stereocenters. The maximum absolute atomic E-state index is 12.6. The second-order valence-corrected chi connectivity index (χ2v) is 7.97. The zero-order valence-electron chi connectivity index (χ0n) is 15.4. The van der Waals surface area contributed by atoms with Crippen LogP contribution in [0.2, 0.25) is 0 Å². The van der Waals surface area contributed by atoms with Crippen molar-refractivity contribution in [3.63, 3.8) is 0 Å². The summed E-state index contributed by atoms with van der Waals surface area (Å²) >= 11 is 0. The lowest BCUT2D eigenvalue weighted by Crippen LogP contribution is -2.46. The summed E-state index contributed by atoms with van der Waals surface area (Å²) in [7, 11) is -3.60. The van der Waals surface area contributed by atoms with Crippen molar-refractivity contribution in [3.8, 4) is 0 Å². The highest BCUT2D eigenvalue weighted by Gasteiger charge is 2.25. The molecular formula is C17H27N3O4S. The van der Waals surface area contributed by atoms with Crippen LogP contribution < -0.4 is 10.6 Å². The van der Waals surface area contributed by atoms with Crippen LogP contribution in [-0.4, -0.2) is 43.7 Å². The average Bonchev–Trinajstić information content (AvgIpc) is 2.53. The zero-order chi connectivity index (χ0) is 19.2. The Balaban J connectivity index is 3.05. The Kier molecular flexibility index (Phi) is 7.57. The molecule has 140 valence electrons. The molecule has 0 fully saturated rings. The maximum Gasteiger partial charge on any atom is 0.247 e. The predicted molar refractivity (Wildman–Crippen MR) is 97.6 cm³/mol. The van der Waals surface area contributed by atoms with Crippen LogP contribution in [0.4, 0.5) is 5.69 Å². The summed E-state index contributed by atoms with van der Waals surface area (Å²) in [6, 6.07) is 5.42. The molecule has 0 radical (unpaired) electrons. The van der Waals surface area contributed by atoms with Gasteiger partial charge in [-0.15, -0.1) is 0 Å². The Hall–Kier alpha value is -1.93. The van der Waals surface area contributed by atoms with Crippen LogP contribution >= 0.6 is 0 Å². The molecule has 1 atom stereocenters. The van der Waals surface area contributed by atoms with Gasteiger partial charge in [0.05, 0.1) is 4.90 Å². The highest BCUT2D eigenvalue weighted by molar-refractivity contribution is 7.89. The number of nitrogens with zero attached hydrogens (tertiary/aromatic N) is 1. The summed E-state index contributed by atoms with van der Waals surface area (Å²) in [4.78, 5) is 23.8. The van der Waals surface area contributed by atoms with Gasteiger partial charge in [0.1, 0.15) is 6.04 Å². The van der Waals surface area contributed by atoms with Crippen LogP contribution in [0.1, 0.15) is 34.6 Å². The summed E-state index contributed by atoms with van der Waals surface area (Å²) < 4.78 is 26.5. The Morgan fingerprint density at radius 2 is 1.76 bits per heavy atom. The Labute approximate surface area is 149 Å². The van der Waals surface area contributed by atoms with Crippen molar-refractivity contribution in [1.29, 1.82) is 0 Å². The molecule has 8 heteroatoms. The quantitative estimate of drug-likeness (QED) is 0.730. The van der Waals surface area contributed by atoms with Crippen LogP contribution in [0.25, 0.3) is 0 Å². The number of nitrogens with one attached hydrogen (secondary N) is 2. The molecule has 1 aromatic carbocycles. The molecule has 0 saturated carbocycles. The number of amides is 2. The van der Waals surface area contributed by atoms with Gasteiger partial charge in [0.25, 0.3) is 0 Å². The predicted octanol–water partition coefficient (Wildman–Crippen LogP) is 1.82. The van der Waals surface area contributed by atoms with Crippen molar-refractivity contribution in [2.45, 2.75) is 45.6 Å². The summed E-state index contributed by atoms with van der Waals surface area (Å²) in [6.07, 6.45) is 0. The minimum atomic E-state index is -3.60. The zero-order valence-corrected chi connectivity index (χ0v) is 16.2. The normalized spacial score (nSPS) is 12.9. The fourth-order valence-electron chi connectivity index (χ4n) is 2.42. The van der Waals surface area contributed by atoms with Gasteiger partial charge in [-0.05, 0) is 24.1 Å². The highest BCUT2D eigenvalue weighted by atomic mass is 32.2. The number of anilines is 1. The van der Waals surface area contributed by atoms with E-state index >= 15 is 0 Å². The molecular weight excluding hydrogens is 342 g/mol. The van der Waals surface area contributed by atoms with Crippen molar-refractivity contribution in [1.82, 2.24) is 9.62 Å². The van der Waals surface area contributed by atoms with Gasteiger partial charge >= 0.3 is 0 Å². The van der Waals surface area contributed by atoms with Crippen molar-refractivity contribution in [2.75, 3.05) is 18.4 Å². The third-order valence-electron chi connectivity index (χ3n) is 3.75. The highest BCUT2D eigenvalue weighted by Crippen LogP contribution is 2.20. The van der Waals surface area contributed by atoms with Gasteiger partial charge in [-0.25, -0.2) is 8.42 Å². The molecule has 2 N–H and O–H groups in total. The Morgan fingerprint density at radius 3 is 2.24 bits per heavy atom. The van der Waals surface area contributed by atoms with Crippen LogP contribution in [0.15, 0.2) is 29.2 Å². The lowest BCUT2D eigenvalue weighted by atomic mass is 10.0. The van der Waals surface area contributed by atoms with Gasteiger partial charge in [-0.2, -0.15) is 4.31 Å². The minimum Gasteiger partial charge on any atom is -0.344 e. The van der Waals surface area contributed by atoms with Crippen LogP contribution in [0, 0.1) is 5.92 Å². The fraction of sp³-hybridized carbons (Fsp3) is 0.529. The molecule has 0 saturated heterocycles. The standard InChI is InChI=1S/C17H27N3O4S/c1-6-20(7-2)25(23,24)15-10-8-9-14(11-15)19-17(22)16(12(3)4)18-13(5)21/h8-12,16H,6-7H2,1-5H3,(H,18,21)(H,19,22)/t16-/m1/s1. The number of hydrogen-bond acceptors (Lipinski definition) is 4. The number of sulfonamides is 1. The van der Waals surface area contributed by atoms with Gasteiger partial charge in [-0.1, -0.05) is 33.8 Å². The third-order valence-corrected chi connectivity index (χ3v) is 5.80.